The normalized spacial score (nSPS) is 21.1. The predicted octanol–water partition coefficient (Wildman–Crippen LogP) is 4.50. The van der Waals surface area contributed by atoms with Gasteiger partial charge in [0.05, 0.1) is 5.25 Å². The number of Topliss-reactive ketones (excluding diaryl/α,β-unsaturated/α-hetero) is 1. The molecule has 0 saturated heterocycles. The van der Waals surface area contributed by atoms with E-state index in [0.717, 1.165) is 16.7 Å². The van der Waals surface area contributed by atoms with Crippen molar-refractivity contribution in [3.8, 4) is 0 Å². The summed E-state index contributed by atoms with van der Waals surface area (Å²) in [5.41, 5.74) is 3.78. The zero-order chi connectivity index (χ0) is 14.0. The summed E-state index contributed by atoms with van der Waals surface area (Å²) in [7, 11) is 0. The molecule has 2 rings (SSSR count). The van der Waals surface area contributed by atoms with E-state index in [4.69, 9.17) is 11.6 Å². The molecule has 0 aliphatic heterocycles. The zero-order valence-corrected chi connectivity index (χ0v) is 12.5. The van der Waals surface area contributed by atoms with Crippen molar-refractivity contribution in [3.63, 3.8) is 0 Å². The Balaban J connectivity index is 2.46. The Morgan fingerprint density at radius 2 is 2.00 bits per heavy atom. The van der Waals surface area contributed by atoms with Crippen LogP contribution < -0.4 is 0 Å². The van der Waals surface area contributed by atoms with Crippen molar-refractivity contribution in [1.29, 1.82) is 0 Å². The second-order valence-corrected chi connectivity index (χ2v) is 5.48. The van der Waals surface area contributed by atoms with Crippen LogP contribution in [0.15, 0.2) is 53.1 Å². The first-order valence-electron chi connectivity index (χ1n) is 6.04. The molecule has 1 atom stereocenters. The van der Waals surface area contributed by atoms with Crippen molar-refractivity contribution in [1.82, 2.24) is 0 Å². The van der Waals surface area contributed by atoms with Gasteiger partial charge in [0, 0.05) is 10.6 Å². The van der Waals surface area contributed by atoms with E-state index in [1.54, 1.807) is 6.92 Å². The minimum absolute atomic E-state index is 0.0498. The van der Waals surface area contributed by atoms with Crippen molar-refractivity contribution in [3.05, 3.63) is 63.7 Å². The third-order valence-electron chi connectivity index (χ3n) is 3.18. The molecule has 1 nitrogen and oxygen atoms in total. The summed E-state index contributed by atoms with van der Waals surface area (Å²) in [5, 5.41) is 0.501. The Morgan fingerprint density at radius 1 is 1.32 bits per heavy atom. The van der Waals surface area contributed by atoms with Gasteiger partial charge in [0.25, 0.3) is 0 Å². The lowest BCUT2D eigenvalue weighted by Gasteiger charge is -2.21. The molecule has 1 aromatic rings. The van der Waals surface area contributed by atoms with Crippen molar-refractivity contribution in [2.75, 3.05) is 0 Å². The highest BCUT2D eigenvalue weighted by Crippen LogP contribution is 2.32. The predicted molar refractivity (Wildman–Crippen MR) is 84.7 cm³/mol. The summed E-state index contributed by atoms with van der Waals surface area (Å²) in [6.45, 7) is 3.58. The highest BCUT2D eigenvalue weighted by Gasteiger charge is 2.22. The van der Waals surface area contributed by atoms with Crippen LogP contribution in [-0.4, -0.2) is 11.0 Å². The summed E-state index contributed by atoms with van der Waals surface area (Å²) >= 11 is 10.7. The Morgan fingerprint density at radius 3 is 2.63 bits per heavy atom. The molecule has 0 aromatic heterocycles. The number of benzene rings is 1. The van der Waals surface area contributed by atoms with Gasteiger partial charge >= 0.3 is 0 Å². The smallest absolute Gasteiger partial charge is 0.157 e. The van der Waals surface area contributed by atoms with Crippen LogP contribution in [0.2, 0.25) is 5.02 Å². The molecule has 0 spiro atoms. The lowest BCUT2D eigenvalue weighted by molar-refractivity contribution is -0.113. The van der Waals surface area contributed by atoms with Crippen LogP contribution in [0.4, 0.5) is 0 Å². The number of thiol groups is 1. The molecule has 98 valence electrons. The van der Waals surface area contributed by atoms with Gasteiger partial charge in [-0.2, -0.15) is 12.6 Å². The minimum atomic E-state index is -0.196. The van der Waals surface area contributed by atoms with Gasteiger partial charge in [0.1, 0.15) is 0 Å². The summed E-state index contributed by atoms with van der Waals surface area (Å²) in [5.74, 6) is 0.0498. The molecule has 1 aliphatic carbocycles. The third kappa shape index (κ3) is 3.02. The van der Waals surface area contributed by atoms with Crippen LogP contribution in [0, 0.1) is 0 Å². The fraction of sp³-hybridized carbons (Fsp3) is 0.188. The Hall–Kier alpha value is -1.25. The fourth-order valence-corrected chi connectivity index (χ4v) is 2.78. The van der Waals surface area contributed by atoms with E-state index in [0.29, 0.717) is 10.6 Å². The Kier molecular flexibility index (Phi) is 4.33. The van der Waals surface area contributed by atoms with Gasteiger partial charge < -0.3 is 0 Å². The maximum absolute atomic E-state index is 11.6. The maximum Gasteiger partial charge on any atom is 0.157 e. The van der Waals surface area contributed by atoms with Crippen molar-refractivity contribution < 1.29 is 4.79 Å². The Bertz CT molecular complexity index is 611. The maximum atomic E-state index is 11.6. The lowest BCUT2D eigenvalue weighted by atomic mass is 9.90. The van der Waals surface area contributed by atoms with Gasteiger partial charge in [-0.3, -0.25) is 4.79 Å². The van der Waals surface area contributed by atoms with E-state index in [2.05, 4.69) is 12.6 Å². The molecule has 0 saturated carbocycles. The van der Waals surface area contributed by atoms with Crippen molar-refractivity contribution in [2.24, 2.45) is 0 Å². The minimum Gasteiger partial charge on any atom is -0.295 e. The quantitative estimate of drug-likeness (QED) is 0.794. The highest BCUT2D eigenvalue weighted by atomic mass is 35.5. The second kappa shape index (κ2) is 5.81. The second-order valence-electron chi connectivity index (χ2n) is 4.55. The topological polar surface area (TPSA) is 17.1 Å². The molecule has 0 amide bonds. The van der Waals surface area contributed by atoms with Crippen LogP contribution in [0.5, 0.6) is 0 Å². The number of carbonyl (C=O) groups excluding carboxylic acids is 1. The van der Waals surface area contributed by atoms with Gasteiger partial charge in [-0.1, -0.05) is 42.0 Å². The lowest BCUT2D eigenvalue weighted by Crippen LogP contribution is -2.16. The molecule has 3 heteroatoms. The van der Waals surface area contributed by atoms with E-state index in [-0.39, 0.29) is 11.0 Å². The molecule has 1 aromatic carbocycles. The molecular formula is C16H15ClOS. The van der Waals surface area contributed by atoms with Crippen LogP contribution in [0.3, 0.4) is 0 Å². The molecule has 0 radical (unpaired) electrons. The van der Waals surface area contributed by atoms with E-state index in [9.17, 15) is 4.79 Å². The Labute approximate surface area is 124 Å². The first-order valence-corrected chi connectivity index (χ1v) is 6.94. The fourth-order valence-electron chi connectivity index (χ4n) is 2.05. The number of hydrogen-bond acceptors (Lipinski definition) is 2. The molecule has 0 heterocycles. The monoisotopic (exact) mass is 290 g/mol. The highest BCUT2D eigenvalue weighted by molar-refractivity contribution is 7.81. The van der Waals surface area contributed by atoms with Gasteiger partial charge in [0.2, 0.25) is 0 Å². The summed E-state index contributed by atoms with van der Waals surface area (Å²) in [6.07, 6.45) is 5.80. The van der Waals surface area contributed by atoms with Gasteiger partial charge in [-0.25, -0.2) is 0 Å². The number of carbonyl (C=O) groups is 1. The van der Waals surface area contributed by atoms with Crippen molar-refractivity contribution >= 4 is 36.1 Å². The number of allylic oxidation sites excluding steroid dienone is 3. The van der Waals surface area contributed by atoms with Crippen LogP contribution >= 0.6 is 24.2 Å². The standard InChI is InChI=1S/C16H15ClOS/c1-10-7-8-13(11(2)18)16(19)14(10)9-12-5-3-4-6-15(12)17/h3-9,16,19H,1-2H3/b14-9+. The third-order valence-corrected chi connectivity index (χ3v) is 4.08. The zero-order valence-electron chi connectivity index (χ0n) is 10.9. The number of hydrogen-bond donors (Lipinski definition) is 1. The van der Waals surface area contributed by atoms with E-state index in [1.807, 2.05) is 49.4 Å². The molecular weight excluding hydrogens is 276 g/mol. The largest absolute Gasteiger partial charge is 0.295 e. The van der Waals surface area contributed by atoms with Crippen molar-refractivity contribution in [2.45, 2.75) is 19.1 Å². The molecule has 1 unspecified atom stereocenters. The van der Waals surface area contributed by atoms with Gasteiger partial charge in [-0.05, 0) is 42.7 Å². The SMILES string of the molecule is CC(=O)C1=CC=C(C)/C(=C\c2ccccc2Cl)C1S. The van der Waals surface area contributed by atoms with Gasteiger partial charge in [0.15, 0.2) is 5.78 Å². The number of rotatable bonds is 2. The first kappa shape index (κ1) is 14.2. The summed E-state index contributed by atoms with van der Waals surface area (Å²) < 4.78 is 0. The van der Waals surface area contributed by atoms with Crippen LogP contribution in [0.1, 0.15) is 19.4 Å². The molecule has 0 bridgehead atoms. The van der Waals surface area contributed by atoms with E-state index >= 15 is 0 Å². The van der Waals surface area contributed by atoms with Crippen LogP contribution in [0.25, 0.3) is 6.08 Å². The number of ketones is 1. The van der Waals surface area contributed by atoms with E-state index < -0.39 is 0 Å². The summed E-state index contributed by atoms with van der Waals surface area (Å²) in [4.78, 5) is 11.6. The summed E-state index contributed by atoms with van der Waals surface area (Å²) in [6, 6.07) is 7.64. The average Bonchev–Trinajstić information content (AvgIpc) is 2.36. The average molecular weight is 291 g/mol. The molecule has 1 aliphatic rings. The van der Waals surface area contributed by atoms with E-state index in [1.165, 1.54) is 0 Å². The first-order chi connectivity index (χ1) is 9.00. The molecule has 19 heavy (non-hydrogen) atoms. The van der Waals surface area contributed by atoms with Crippen LogP contribution in [-0.2, 0) is 4.79 Å². The molecule has 0 N–H and O–H groups in total. The van der Waals surface area contributed by atoms with Gasteiger partial charge in [-0.15, -0.1) is 0 Å². The molecule has 0 fully saturated rings. The number of halogens is 1.